The Morgan fingerprint density at radius 3 is 2.76 bits per heavy atom. The number of hydrogen-bond donors (Lipinski definition) is 1. The zero-order valence-electron chi connectivity index (χ0n) is 11.9. The van der Waals surface area contributed by atoms with Crippen molar-refractivity contribution in [2.45, 2.75) is 18.9 Å². The average Bonchev–Trinajstić information content (AvgIpc) is 3.15. The number of amides is 1. The SMILES string of the molecule is COC(=O)[C@@H](NC(=O)[C@@H]1C[C@H]2C=C[C@H]1C2)c1ccccn1. The molecule has 1 aromatic rings. The van der Waals surface area contributed by atoms with E-state index in [0.717, 1.165) is 12.8 Å². The van der Waals surface area contributed by atoms with E-state index in [1.165, 1.54) is 7.11 Å². The summed E-state index contributed by atoms with van der Waals surface area (Å²) in [4.78, 5) is 28.5. The van der Waals surface area contributed by atoms with Crippen LogP contribution in [0.25, 0.3) is 0 Å². The molecule has 0 radical (unpaired) electrons. The first kappa shape index (κ1) is 13.8. The monoisotopic (exact) mass is 286 g/mol. The second-order valence-corrected chi connectivity index (χ2v) is 5.61. The molecule has 0 spiro atoms. The van der Waals surface area contributed by atoms with E-state index in [4.69, 9.17) is 4.74 Å². The number of allylic oxidation sites excluding steroid dienone is 2. The molecule has 21 heavy (non-hydrogen) atoms. The van der Waals surface area contributed by atoms with Gasteiger partial charge in [-0.2, -0.15) is 0 Å². The van der Waals surface area contributed by atoms with Gasteiger partial charge in [-0.15, -0.1) is 0 Å². The molecule has 3 rings (SSSR count). The van der Waals surface area contributed by atoms with Gasteiger partial charge in [0.1, 0.15) is 0 Å². The number of aromatic nitrogens is 1. The minimum atomic E-state index is -0.841. The van der Waals surface area contributed by atoms with Crippen molar-refractivity contribution in [3.63, 3.8) is 0 Å². The predicted molar refractivity (Wildman–Crippen MR) is 76.0 cm³/mol. The lowest BCUT2D eigenvalue weighted by atomic mass is 9.92. The summed E-state index contributed by atoms with van der Waals surface area (Å²) in [5, 5.41) is 2.80. The molecular weight excluding hydrogens is 268 g/mol. The molecule has 0 aliphatic heterocycles. The largest absolute Gasteiger partial charge is 0.467 e. The first-order valence-electron chi connectivity index (χ1n) is 7.16. The molecule has 1 heterocycles. The highest BCUT2D eigenvalue weighted by Gasteiger charge is 2.41. The number of ether oxygens (including phenoxy) is 1. The Labute approximate surface area is 123 Å². The van der Waals surface area contributed by atoms with Crippen molar-refractivity contribution < 1.29 is 14.3 Å². The minimum Gasteiger partial charge on any atom is -0.467 e. The number of hydrogen-bond acceptors (Lipinski definition) is 4. The Kier molecular flexibility index (Phi) is 3.73. The van der Waals surface area contributed by atoms with E-state index in [1.54, 1.807) is 24.4 Å². The summed E-state index contributed by atoms with van der Waals surface area (Å²) < 4.78 is 4.78. The Bertz CT molecular complexity index is 570. The van der Waals surface area contributed by atoms with Gasteiger partial charge in [-0.05, 0) is 36.8 Å². The molecule has 1 fully saturated rings. The molecular formula is C16H18N2O3. The van der Waals surface area contributed by atoms with Crippen LogP contribution in [0.4, 0.5) is 0 Å². The average molecular weight is 286 g/mol. The predicted octanol–water partition coefficient (Wildman–Crippen LogP) is 1.62. The lowest BCUT2D eigenvalue weighted by Crippen LogP contribution is -2.39. The van der Waals surface area contributed by atoms with Crippen molar-refractivity contribution in [1.82, 2.24) is 10.3 Å². The van der Waals surface area contributed by atoms with Crippen LogP contribution in [0, 0.1) is 17.8 Å². The number of methoxy groups -OCH3 is 1. The number of pyridine rings is 1. The summed E-state index contributed by atoms with van der Waals surface area (Å²) >= 11 is 0. The summed E-state index contributed by atoms with van der Waals surface area (Å²) in [6.07, 6.45) is 7.81. The number of carbonyl (C=O) groups is 2. The maximum atomic E-state index is 12.5. The third kappa shape index (κ3) is 2.68. The minimum absolute atomic E-state index is 0.0455. The summed E-state index contributed by atoms with van der Waals surface area (Å²) in [6, 6.07) is 4.42. The van der Waals surface area contributed by atoms with Crippen LogP contribution in [0.5, 0.6) is 0 Å². The number of esters is 1. The summed E-state index contributed by atoms with van der Waals surface area (Å²) in [7, 11) is 1.31. The first-order chi connectivity index (χ1) is 10.2. The third-order valence-electron chi connectivity index (χ3n) is 4.32. The molecule has 5 nitrogen and oxygen atoms in total. The van der Waals surface area contributed by atoms with Gasteiger partial charge in [-0.3, -0.25) is 9.78 Å². The van der Waals surface area contributed by atoms with Crippen molar-refractivity contribution >= 4 is 11.9 Å². The van der Waals surface area contributed by atoms with Crippen LogP contribution in [0.15, 0.2) is 36.5 Å². The molecule has 0 unspecified atom stereocenters. The highest BCUT2D eigenvalue weighted by atomic mass is 16.5. The van der Waals surface area contributed by atoms with Gasteiger partial charge in [0.05, 0.1) is 12.8 Å². The Balaban J connectivity index is 1.74. The molecule has 5 heteroatoms. The molecule has 1 amide bonds. The molecule has 2 aliphatic rings. The highest BCUT2D eigenvalue weighted by molar-refractivity contribution is 5.87. The van der Waals surface area contributed by atoms with Gasteiger partial charge < -0.3 is 10.1 Å². The van der Waals surface area contributed by atoms with Crippen molar-refractivity contribution in [3.8, 4) is 0 Å². The molecule has 4 atom stereocenters. The van der Waals surface area contributed by atoms with Crippen LogP contribution in [0.2, 0.25) is 0 Å². The normalized spacial score (nSPS) is 27.4. The van der Waals surface area contributed by atoms with Gasteiger partial charge in [0.15, 0.2) is 6.04 Å². The van der Waals surface area contributed by atoms with Gasteiger partial charge in [-0.25, -0.2) is 4.79 Å². The fourth-order valence-corrected chi connectivity index (χ4v) is 3.25. The van der Waals surface area contributed by atoms with Crippen LogP contribution in [0.1, 0.15) is 24.6 Å². The van der Waals surface area contributed by atoms with Crippen molar-refractivity contribution in [2.75, 3.05) is 7.11 Å². The van der Waals surface area contributed by atoms with E-state index >= 15 is 0 Å². The second kappa shape index (κ2) is 5.68. The second-order valence-electron chi connectivity index (χ2n) is 5.61. The molecule has 1 N–H and O–H groups in total. The molecule has 0 saturated heterocycles. The lowest BCUT2D eigenvalue weighted by molar-refractivity contribution is -0.146. The maximum Gasteiger partial charge on any atom is 0.334 e. The fourth-order valence-electron chi connectivity index (χ4n) is 3.25. The van der Waals surface area contributed by atoms with Crippen molar-refractivity contribution in [3.05, 3.63) is 42.2 Å². The van der Waals surface area contributed by atoms with E-state index in [-0.39, 0.29) is 11.8 Å². The number of nitrogens with one attached hydrogen (secondary N) is 1. The zero-order chi connectivity index (χ0) is 14.8. The van der Waals surface area contributed by atoms with Crippen LogP contribution < -0.4 is 5.32 Å². The number of nitrogens with zero attached hydrogens (tertiary/aromatic N) is 1. The smallest absolute Gasteiger partial charge is 0.334 e. The van der Waals surface area contributed by atoms with Crippen molar-refractivity contribution in [1.29, 1.82) is 0 Å². The van der Waals surface area contributed by atoms with Crippen LogP contribution >= 0.6 is 0 Å². The molecule has 0 aromatic carbocycles. The summed E-state index contributed by atoms with van der Waals surface area (Å²) in [6.45, 7) is 0. The molecule has 2 aliphatic carbocycles. The van der Waals surface area contributed by atoms with Gasteiger partial charge in [0.2, 0.25) is 5.91 Å². The van der Waals surface area contributed by atoms with Gasteiger partial charge >= 0.3 is 5.97 Å². The Hall–Kier alpha value is -2.17. The van der Waals surface area contributed by atoms with E-state index in [1.807, 2.05) is 0 Å². The van der Waals surface area contributed by atoms with Gasteiger partial charge in [-0.1, -0.05) is 18.2 Å². The summed E-state index contributed by atoms with van der Waals surface area (Å²) in [5.74, 6) is 0.179. The van der Waals surface area contributed by atoms with Crippen molar-refractivity contribution in [2.24, 2.45) is 17.8 Å². The molecule has 110 valence electrons. The number of rotatable bonds is 4. The fraction of sp³-hybridized carbons (Fsp3) is 0.438. The first-order valence-corrected chi connectivity index (χ1v) is 7.16. The molecule has 2 bridgehead atoms. The van der Waals surface area contributed by atoms with Gasteiger partial charge in [0, 0.05) is 12.1 Å². The summed E-state index contributed by atoms with van der Waals surface area (Å²) in [5.41, 5.74) is 0.497. The number of carbonyl (C=O) groups excluding carboxylic acids is 2. The zero-order valence-corrected chi connectivity index (χ0v) is 11.9. The molecule has 1 aromatic heterocycles. The molecule has 1 saturated carbocycles. The Morgan fingerprint density at radius 2 is 2.19 bits per heavy atom. The van der Waals surface area contributed by atoms with E-state index < -0.39 is 12.0 Å². The standard InChI is InChI=1S/C16H18N2O3/c1-21-16(20)14(13-4-2-3-7-17-13)18-15(19)12-9-10-5-6-11(12)8-10/h2-7,10-12,14H,8-9H2,1H3,(H,18,19)/t10-,11-,12+,14-/m0/s1. The third-order valence-corrected chi connectivity index (χ3v) is 4.32. The van der Waals surface area contributed by atoms with E-state index in [0.29, 0.717) is 17.5 Å². The van der Waals surface area contributed by atoms with Crippen LogP contribution in [-0.4, -0.2) is 24.0 Å². The number of fused-ring (bicyclic) bond motifs is 2. The highest BCUT2D eigenvalue weighted by Crippen LogP contribution is 2.43. The van der Waals surface area contributed by atoms with Crippen LogP contribution in [0.3, 0.4) is 0 Å². The Morgan fingerprint density at radius 1 is 1.33 bits per heavy atom. The van der Waals surface area contributed by atoms with E-state index in [2.05, 4.69) is 22.5 Å². The van der Waals surface area contributed by atoms with Crippen LogP contribution in [-0.2, 0) is 14.3 Å². The lowest BCUT2D eigenvalue weighted by Gasteiger charge is -2.21. The topological polar surface area (TPSA) is 68.3 Å². The van der Waals surface area contributed by atoms with E-state index in [9.17, 15) is 9.59 Å². The van der Waals surface area contributed by atoms with Gasteiger partial charge in [0.25, 0.3) is 0 Å². The maximum absolute atomic E-state index is 12.5. The quantitative estimate of drug-likeness (QED) is 0.674.